The minimum Gasteiger partial charge on any atom is -0.478 e. The second kappa shape index (κ2) is 9.86. The van der Waals surface area contributed by atoms with E-state index in [2.05, 4.69) is 25.1 Å². The molecule has 0 spiro atoms. The Hall–Kier alpha value is -4.01. The molecule has 1 aliphatic heterocycles. The second-order valence-electron chi connectivity index (χ2n) is 7.30. The number of carboxylic acids is 1. The van der Waals surface area contributed by atoms with Crippen LogP contribution in [-0.4, -0.2) is 58.1 Å². The molecule has 164 valence electrons. The maximum atomic E-state index is 13.2. The number of carboxylic acid groups (broad SMARTS) is 1. The molecular formula is C23H23FN6O2. The van der Waals surface area contributed by atoms with Crippen LogP contribution in [-0.2, 0) is 6.54 Å². The molecule has 0 unspecified atom stereocenters. The van der Waals surface area contributed by atoms with E-state index in [4.69, 9.17) is 10.1 Å². The largest absolute Gasteiger partial charge is 0.478 e. The predicted octanol–water partition coefficient (Wildman–Crippen LogP) is 3.10. The first-order valence-electron chi connectivity index (χ1n) is 10.2. The fraction of sp³-hybridized carbons (Fsp3) is 0.217. The zero-order valence-electron chi connectivity index (χ0n) is 17.4. The lowest BCUT2D eigenvalue weighted by molar-refractivity contribution is 0.0697. The highest BCUT2D eigenvalue weighted by atomic mass is 19.1. The van der Waals surface area contributed by atoms with Crippen molar-refractivity contribution in [3.8, 4) is 0 Å². The molecule has 0 saturated carbocycles. The molecule has 8 nitrogen and oxygen atoms in total. The number of rotatable bonds is 5. The fourth-order valence-corrected chi connectivity index (χ4v) is 3.37. The second-order valence-corrected chi connectivity index (χ2v) is 7.30. The van der Waals surface area contributed by atoms with Gasteiger partial charge in [-0.3, -0.25) is 0 Å². The molecule has 2 aromatic carbocycles. The number of hydrogen-bond acceptors (Lipinski definition) is 5. The van der Waals surface area contributed by atoms with Crippen molar-refractivity contribution < 1.29 is 14.3 Å². The smallest absolute Gasteiger partial charge is 0.335 e. The molecule has 2 N–H and O–H groups in total. The minimum atomic E-state index is -0.971. The molecule has 1 aliphatic rings. The number of nitrogens with one attached hydrogen (secondary N) is 1. The van der Waals surface area contributed by atoms with Crippen LogP contribution in [0.15, 0.2) is 72.0 Å². The summed E-state index contributed by atoms with van der Waals surface area (Å²) in [7, 11) is 0. The van der Waals surface area contributed by atoms with Gasteiger partial charge in [0.2, 0.25) is 5.95 Å². The predicted molar refractivity (Wildman–Crippen MR) is 120 cm³/mol. The average Bonchev–Trinajstić information content (AvgIpc) is 2.84. The number of halogens is 1. The number of nitrogens with zero attached hydrogens (tertiary/aromatic N) is 5. The third-order valence-corrected chi connectivity index (χ3v) is 5.13. The van der Waals surface area contributed by atoms with Gasteiger partial charge in [0.25, 0.3) is 0 Å². The van der Waals surface area contributed by atoms with Crippen LogP contribution in [0.25, 0.3) is 0 Å². The zero-order chi connectivity index (χ0) is 22.3. The van der Waals surface area contributed by atoms with Crippen LogP contribution < -0.4 is 10.2 Å². The first kappa shape index (κ1) is 21.2. The highest BCUT2D eigenvalue weighted by Crippen LogP contribution is 2.15. The molecule has 32 heavy (non-hydrogen) atoms. The first-order chi connectivity index (χ1) is 15.6. The molecule has 3 aromatic rings. The number of piperazine rings is 1. The van der Waals surface area contributed by atoms with Crippen molar-refractivity contribution in [2.75, 3.05) is 36.4 Å². The molecule has 4 rings (SSSR count). The number of aliphatic imine (C=N–C) groups is 1. The number of anilines is 2. The standard InChI is InChI=1S/C23H23FN6O2/c24-19-6-2-17(3-7-19)16-27-23(28-20-8-4-18(5-9-20)21(31)32)30-14-12-29(13-15-30)22-25-10-1-11-26-22/h1-11H,12-16H2,(H,27,28)(H,31,32). The molecule has 0 atom stereocenters. The summed E-state index contributed by atoms with van der Waals surface area (Å²) in [5.74, 6) is 0.120. The Bertz CT molecular complexity index is 1070. The maximum Gasteiger partial charge on any atom is 0.335 e. The van der Waals surface area contributed by atoms with Crippen molar-refractivity contribution in [2.45, 2.75) is 6.54 Å². The Morgan fingerprint density at radius 3 is 2.28 bits per heavy atom. The number of hydrogen-bond donors (Lipinski definition) is 2. The molecule has 0 radical (unpaired) electrons. The maximum absolute atomic E-state index is 13.2. The molecule has 0 bridgehead atoms. The minimum absolute atomic E-state index is 0.219. The zero-order valence-corrected chi connectivity index (χ0v) is 17.4. The summed E-state index contributed by atoms with van der Waals surface area (Å²) in [5, 5.41) is 12.4. The van der Waals surface area contributed by atoms with Crippen LogP contribution in [0.2, 0.25) is 0 Å². The fourth-order valence-electron chi connectivity index (χ4n) is 3.37. The highest BCUT2D eigenvalue weighted by molar-refractivity contribution is 5.94. The van der Waals surface area contributed by atoms with Gasteiger partial charge in [-0.2, -0.15) is 0 Å². The third-order valence-electron chi connectivity index (χ3n) is 5.13. The Labute approximate surface area is 185 Å². The van der Waals surface area contributed by atoms with Gasteiger partial charge in [0.1, 0.15) is 5.82 Å². The van der Waals surface area contributed by atoms with E-state index in [9.17, 15) is 9.18 Å². The average molecular weight is 434 g/mol. The lowest BCUT2D eigenvalue weighted by Gasteiger charge is -2.36. The van der Waals surface area contributed by atoms with Gasteiger partial charge < -0.3 is 20.2 Å². The van der Waals surface area contributed by atoms with Gasteiger partial charge in [0, 0.05) is 44.3 Å². The van der Waals surface area contributed by atoms with Gasteiger partial charge in [0.05, 0.1) is 12.1 Å². The van der Waals surface area contributed by atoms with E-state index < -0.39 is 5.97 Å². The third kappa shape index (κ3) is 5.37. The van der Waals surface area contributed by atoms with Crippen molar-refractivity contribution in [3.05, 3.63) is 83.9 Å². The highest BCUT2D eigenvalue weighted by Gasteiger charge is 2.21. The normalized spacial score (nSPS) is 14.3. The van der Waals surface area contributed by atoms with Gasteiger partial charge in [-0.25, -0.2) is 24.1 Å². The summed E-state index contributed by atoms with van der Waals surface area (Å²) >= 11 is 0. The SMILES string of the molecule is O=C(O)c1ccc(NC(=NCc2ccc(F)cc2)N2CCN(c3ncccn3)CC2)cc1. The van der Waals surface area contributed by atoms with Crippen LogP contribution in [0.3, 0.4) is 0 Å². The number of benzene rings is 2. The van der Waals surface area contributed by atoms with Crippen LogP contribution in [0.1, 0.15) is 15.9 Å². The monoisotopic (exact) mass is 434 g/mol. The van der Waals surface area contributed by atoms with Crippen molar-refractivity contribution >= 4 is 23.6 Å². The van der Waals surface area contributed by atoms with Crippen molar-refractivity contribution in [2.24, 2.45) is 4.99 Å². The molecule has 1 aromatic heterocycles. The van der Waals surface area contributed by atoms with Crippen molar-refractivity contribution in [1.29, 1.82) is 0 Å². The van der Waals surface area contributed by atoms with E-state index in [0.29, 0.717) is 31.5 Å². The van der Waals surface area contributed by atoms with E-state index in [0.717, 1.165) is 24.3 Å². The lowest BCUT2D eigenvalue weighted by atomic mass is 10.2. The van der Waals surface area contributed by atoms with E-state index >= 15 is 0 Å². The number of aromatic carboxylic acids is 1. The molecule has 0 aliphatic carbocycles. The molecule has 1 saturated heterocycles. The van der Waals surface area contributed by atoms with Gasteiger partial charge in [-0.1, -0.05) is 12.1 Å². The Balaban J connectivity index is 1.49. The number of carbonyl (C=O) groups is 1. The van der Waals surface area contributed by atoms with E-state index in [-0.39, 0.29) is 11.4 Å². The summed E-state index contributed by atoms with van der Waals surface area (Å²) in [6.45, 7) is 3.28. The van der Waals surface area contributed by atoms with Crippen LogP contribution in [0, 0.1) is 5.82 Å². The molecular weight excluding hydrogens is 411 g/mol. The summed E-state index contributed by atoms with van der Waals surface area (Å²) < 4.78 is 13.2. The Morgan fingerprint density at radius 1 is 1.00 bits per heavy atom. The molecule has 1 fully saturated rings. The summed E-state index contributed by atoms with van der Waals surface area (Å²) in [5.41, 5.74) is 1.85. The van der Waals surface area contributed by atoms with E-state index in [1.807, 2.05) is 0 Å². The summed E-state index contributed by atoms with van der Waals surface area (Å²) in [4.78, 5) is 28.7. The Kier molecular flexibility index (Phi) is 6.54. The van der Waals surface area contributed by atoms with Gasteiger partial charge in [-0.15, -0.1) is 0 Å². The number of aromatic nitrogens is 2. The molecule has 2 heterocycles. The molecule has 9 heteroatoms. The van der Waals surface area contributed by atoms with E-state index in [1.165, 1.54) is 12.1 Å². The van der Waals surface area contributed by atoms with Gasteiger partial charge >= 0.3 is 5.97 Å². The topological polar surface area (TPSA) is 93.9 Å². The number of guanidine groups is 1. The van der Waals surface area contributed by atoms with E-state index in [1.54, 1.807) is 54.9 Å². The first-order valence-corrected chi connectivity index (χ1v) is 10.2. The molecule has 0 amide bonds. The van der Waals surface area contributed by atoms with Crippen molar-refractivity contribution in [1.82, 2.24) is 14.9 Å². The summed E-state index contributed by atoms with van der Waals surface area (Å²) in [6, 6.07) is 14.6. The van der Waals surface area contributed by atoms with Crippen LogP contribution in [0.4, 0.5) is 16.0 Å². The Morgan fingerprint density at radius 2 is 1.66 bits per heavy atom. The summed E-state index contributed by atoms with van der Waals surface area (Å²) in [6.07, 6.45) is 3.46. The van der Waals surface area contributed by atoms with Gasteiger partial charge in [0.15, 0.2) is 5.96 Å². The van der Waals surface area contributed by atoms with Gasteiger partial charge in [-0.05, 0) is 48.0 Å². The van der Waals surface area contributed by atoms with Crippen LogP contribution >= 0.6 is 0 Å². The van der Waals surface area contributed by atoms with Crippen LogP contribution in [0.5, 0.6) is 0 Å². The van der Waals surface area contributed by atoms with Crippen molar-refractivity contribution in [3.63, 3.8) is 0 Å². The quantitative estimate of drug-likeness (QED) is 0.471. The lowest BCUT2D eigenvalue weighted by Crippen LogP contribution is -2.51.